The van der Waals surface area contributed by atoms with Crippen LogP contribution < -0.4 is 5.73 Å². The van der Waals surface area contributed by atoms with E-state index in [1.54, 1.807) is 12.1 Å². The second kappa shape index (κ2) is 7.41. The standard InChI is InChI=1S/C14H22FNO/c1-3-4-11(2)9-17-10-14(16)12-5-7-13(15)8-6-12/h5-8,11,14H,3-4,9-10,16H2,1-2H3. The maximum Gasteiger partial charge on any atom is 0.123 e. The molecule has 2 nitrogen and oxygen atoms in total. The van der Waals surface area contributed by atoms with Gasteiger partial charge in [-0.15, -0.1) is 0 Å². The van der Waals surface area contributed by atoms with Gasteiger partial charge in [-0.25, -0.2) is 4.39 Å². The number of benzene rings is 1. The SMILES string of the molecule is CCCC(C)COCC(N)c1ccc(F)cc1. The Morgan fingerprint density at radius 2 is 1.88 bits per heavy atom. The smallest absolute Gasteiger partial charge is 0.123 e. The van der Waals surface area contributed by atoms with E-state index in [4.69, 9.17) is 10.5 Å². The molecule has 0 bridgehead atoms. The van der Waals surface area contributed by atoms with Crippen molar-refractivity contribution in [3.8, 4) is 0 Å². The second-order valence-electron chi connectivity index (χ2n) is 4.59. The van der Waals surface area contributed by atoms with Gasteiger partial charge in [-0.05, 0) is 30.0 Å². The molecule has 2 atom stereocenters. The molecule has 0 saturated carbocycles. The molecule has 0 amide bonds. The molecular formula is C14H22FNO. The average Bonchev–Trinajstić information content (AvgIpc) is 2.30. The maximum atomic E-state index is 12.7. The van der Waals surface area contributed by atoms with Crippen LogP contribution in [-0.4, -0.2) is 13.2 Å². The molecule has 0 fully saturated rings. The number of halogens is 1. The third kappa shape index (κ3) is 5.29. The summed E-state index contributed by atoms with van der Waals surface area (Å²) in [5.74, 6) is 0.332. The van der Waals surface area contributed by atoms with Crippen molar-refractivity contribution >= 4 is 0 Å². The summed E-state index contributed by atoms with van der Waals surface area (Å²) < 4.78 is 18.3. The fourth-order valence-corrected chi connectivity index (χ4v) is 1.78. The van der Waals surface area contributed by atoms with E-state index in [0.717, 1.165) is 12.2 Å². The van der Waals surface area contributed by atoms with Gasteiger partial charge in [0.25, 0.3) is 0 Å². The summed E-state index contributed by atoms with van der Waals surface area (Å²) in [6, 6.07) is 6.09. The van der Waals surface area contributed by atoms with E-state index in [1.165, 1.54) is 25.0 Å². The first-order chi connectivity index (χ1) is 8.13. The van der Waals surface area contributed by atoms with Crippen molar-refractivity contribution in [2.45, 2.75) is 32.7 Å². The molecule has 3 heteroatoms. The van der Waals surface area contributed by atoms with Gasteiger partial charge in [0.15, 0.2) is 0 Å². The minimum Gasteiger partial charge on any atom is -0.379 e. The largest absolute Gasteiger partial charge is 0.379 e. The van der Waals surface area contributed by atoms with Gasteiger partial charge in [0.05, 0.1) is 12.6 Å². The van der Waals surface area contributed by atoms with Gasteiger partial charge in [0.1, 0.15) is 5.82 Å². The van der Waals surface area contributed by atoms with Crippen molar-refractivity contribution in [1.29, 1.82) is 0 Å². The van der Waals surface area contributed by atoms with Crippen LogP contribution in [0.4, 0.5) is 4.39 Å². The first-order valence-electron chi connectivity index (χ1n) is 6.22. The van der Waals surface area contributed by atoms with E-state index in [0.29, 0.717) is 12.5 Å². The van der Waals surface area contributed by atoms with Crippen LogP contribution in [0.2, 0.25) is 0 Å². The Kier molecular flexibility index (Phi) is 6.16. The molecule has 0 radical (unpaired) electrons. The van der Waals surface area contributed by atoms with E-state index < -0.39 is 0 Å². The lowest BCUT2D eigenvalue weighted by Gasteiger charge is -2.15. The molecule has 2 unspecified atom stereocenters. The lowest BCUT2D eigenvalue weighted by atomic mass is 10.1. The molecular weight excluding hydrogens is 217 g/mol. The monoisotopic (exact) mass is 239 g/mol. The first kappa shape index (κ1) is 14.1. The molecule has 0 saturated heterocycles. The topological polar surface area (TPSA) is 35.2 Å². The summed E-state index contributed by atoms with van der Waals surface area (Å²) in [5, 5.41) is 0. The van der Waals surface area contributed by atoms with Crippen LogP contribution in [0.1, 0.15) is 38.3 Å². The normalized spacial score (nSPS) is 14.6. The third-order valence-corrected chi connectivity index (χ3v) is 2.78. The Bertz CT molecular complexity index is 313. The highest BCUT2D eigenvalue weighted by Crippen LogP contribution is 2.12. The third-order valence-electron chi connectivity index (χ3n) is 2.78. The molecule has 0 aliphatic carbocycles. The highest BCUT2D eigenvalue weighted by atomic mass is 19.1. The van der Waals surface area contributed by atoms with E-state index in [2.05, 4.69) is 13.8 Å². The van der Waals surface area contributed by atoms with E-state index in [-0.39, 0.29) is 11.9 Å². The number of ether oxygens (including phenoxy) is 1. The number of nitrogens with two attached hydrogens (primary N) is 1. The minimum absolute atomic E-state index is 0.176. The van der Waals surface area contributed by atoms with E-state index in [9.17, 15) is 4.39 Å². The first-order valence-corrected chi connectivity index (χ1v) is 6.22. The predicted molar refractivity (Wildman–Crippen MR) is 68.2 cm³/mol. The van der Waals surface area contributed by atoms with E-state index in [1.807, 2.05) is 0 Å². The highest BCUT2D eigenvalue weighted by molar-refractivity contribution is 5.19. The van der Waals surface area contributed by atoms with Crippen LogP contribution in [0.5, 0.6) is 0 Å². The van der Waals surface area contributed by atoms with Gasteiger partial charge in [-0.1, -0.05) is 32.4 Å². The Morgan fingerprint density at radius 3 is 2.47 bits per heavy atom. The van der Waals surface area contributed by atoms with Gasteiger partial charge in [-0.2, -0.15) is 0 Å². The molecule has 0 spiro atoms. The van der Waals surface area contributed by atoms with Gasteiger partial charge in [0.2, 0.25) is 0 Å². The lowest BCUT2D eigenvalue weighted by Crippen LogP contribution is -2.19. The quantitative estimate of drug-likeness (QED) is 0.792. The van der Waals surface area contributed by atoms with Crippen LogP contribution in [0.3, 0.4) is 0 Å². The zero-order chi connectivity index (χ0) is 12.7. The Morgan fingerprint density at radius 1 is 1.24 bits per heavy atom. The second-order valence-corrected chi connectivity index (χ2v) is 4.59. The van der Waals surface area contributed by atoms with Crippen LogP contribution in [0.25, 0.3) is 0 Å². The Labute approximate surface area is 103 Å². The van der Waals surface area contributed by atoms with Crippen LogP contribution in [0.15, 0.2) is 24.3 Å². The summed E-state index contributed by atoms with van der Waals surface area (Å²) in [4.78, 5) is 0. The van der Waals surface area contributed by atoms with Gasteiger partial charge in [0, 0.05) is 6.61 Å². The van der Waals surface area contributed by atoms with Crippen molar-refractivity contribution in [3.05, 3.63) is 35.6 Å². The molecule has 0 heterocycles. The Balaban J connectivity index is 2.29. The zero-order valence-corrected chi connectivity index (χ0v) is 10.7. The maximum absolute atomic E-state index is 12.7. The highest BCUT2D eigenvalue weighted by Gasteiger charge is 2.07. The number of rotatable bonds is 7. The average molecular weight is 239 g/mol. The van der Waals surface area contributed by atoms with Crippen LogP contribution in [0, 0.1) is 11.7 Å². The van der Waals surface area contributed by atoms with Crippen molar-refractivity contribution in [3.63, 3.8) is 0 Å². The summed E-state index contributed by atoms with van der Waals surface area (Å²) >= 11 is 0. The molecule has 0 aliphatic heterocycles. The number of hydrogen-bond donors (Lipinski definition) is 1. The molecule has 1 aromatic carbocycles. The van der Waals surface area contributed by atoms with Crippen LogP contribution >= 0.6 is 0 Å². The van der Waals surface area contributed by atoms with Crippen molar-refractivity contribution in [1.82, 2.24) is 0 Å². The zero-order valence-electron chi connectivity index (χ0n) is 10.7. The fraction of sp³-hybridized carbons (Fsp3) is 0.571. The fourth-order valence-electron chi connectivity index (χ4n) is 1.78. The molecule has 2 N–H and O–H groups in total. The lowest BCUT2D eigenvalue weighted by molar-refractivity contribution is 0.0909. The van der Waals surface area contributed by atoms with Crippen LogP contribution in [-0.2, 0) is 4.74 Å². The minimum atomic E-state index is -0.238. The van der Waals surface area contributed by atoms with E-state index >= 15 is 0 Å². The Hall–Kier alpha value is -0.930. The van der Waals surface area contributed by atoms with Gasteiger partial charge in [-0.3, -0.25) is 0 Å². The molecule has 1 rings (SSSR count). The molecule has 0 aliphatic rings. The predicted octanol–water partition coefficient (Wildman–Crippen LogP) is 3.28. The summed E-state index contributed by atoms with van der Waals surface area (Å²) in [7, 11) is 0. The van der Waals surface area contributed by atoms with Gasteiger partial charge >= 0.3 is 0 Å². The molecule has 17 heavy (non-hydrogen) atoms. The van der Waals surface area contributed by atoms with Crippen molar-refractivity contribution in [2.24, 2.45) is 11.7 Å². The molecule has 96 valence electrons. The summed E-state index contributed by atoms with van der Waals surface area (Å²) in [6.45, 7) is 5.57. The summed E-state index contributed by atoms with van der Waals surface area (Å²) in [6.07, 6.45) is 2.35. The summed E-state index contributed by atoms with van der Waals surface area (Å²) in [5.41, 5.74) is 6.87. The van der Waals surface area contributed by atoms with Crippen molar-refractivity contribution in [2.75, 3.05) is 13.2 Å². The van der Waals surface area contributed by atoms with Gasteiger partial charge < -0.3 is 10.5 Å². The molecule has 1 aromatic rings. The number of hydrogen-bond acceptors (Lipinski definition) is 2. The van der Waals surface area contributed by atoms with Crippen molar-refractivity contribution < 1.29 is 9.13 Å². The molecule has 0 aromatic heterocycles.